The fourth-order valence-electron chi connectivity index (χ4n) is 2.54. The number of hydrogen-bond acceptors (Lipinski definition) is 5. The summed E-state index contributed by atoms with van der Waals surface area (Å²) in [6.45, 7) is 5.55. The summed E-state index contributed by atoms with van der Waals surface area (Å²) in [5.41, 5.74) is 0. The van der Waals surface area contributed by atoms with E-state index in [1.165, 1.54) is 6.42 Å². The quantitative estimate of drug-likeness (QED) is 0.877. The highest BCUT2D eigenvalue weighted by Crippen LogP contribution is 2.27. The molecule has 1 aliphatic rings. The summed E-state index contributed by atoms with van der Waals surface area (Å²) in [4.78, 5) is 13.2. The van der Waals surface area contributed by atoms with E-state index in [0.717, 1.165) is 31.0 Å². The van der Waals surface area contributed by atoms with Crippen LogP contribution in [0.2, 0.25) is 0 Å². The van der Waals surface area contributed by atoms with Crippen LogP contribution >= 0.6 is 0 Å². The third-order valence-corrected chi connectivity index (χ3v) is 3.91. The van der Waals surface area contributed by atoms with E-state index >= 15 is 0 Å². The van der Waals surface area contributed by atoms with Gasteiger partial charge < -0.3 is 14.9 Å². The predicted molar refractivity (Wildman–Crippen MR) is 77.6 cm³/mol. The van der Waals surface area contributed by atoms with Crippen molar-refractivity contribution in [2.75, 3.05) is 30.0 Å². The fraction of sp³-hybridized carbons (Fsp3) is 0.714. The molecule has 0 bridgehead atoms. The van der Waals surface area contributed by atoms with Crippen molar-refractivity contribution in [3.63, 3.8) is 0 Å². The number of nitrogens with zero attached hydrogens (tertiary/aromatic N) is 4. The van der Waals surface area contributed by atoms with Crippen LogP contribution in [-0.4, -0.2) is 47.4 Å². The van der Waals surface area contributed by atoms with Crippen LogP contribution in [0.15, 0.2) is 12.4 Å². The van der Waals surface area contributed by atoms with Crippen LogP contribution in [0.5, 0.6) is 0 Å². The largest absolute Gasteiger partial charge is 0.396 e. The van der Waals surface area contributed by atoms with Crippen molar-refractivity contribution >= 4 is 11.6 Å². The lowest BCUT2D eigenvalue weighted by Crippen LogP contribution is -2.32. The topological polar surface area (TPSA) is 52.5 Å². The van der Waals surface area contributed by atoms with Gasteiger partial charge in [-0.25, -0.2) is 9.97 Å². The second kappa shape index (κ2) is 6.19. The Kier molecular flexibility index (Phi) is 4.58. The zero-order chi connectivity index (χ0) is 13.8. The number of aliphatic hydroxyl groups is 1. The van der Waals surface area contributed by atoms with Crippen molar-refractivity contribution < 1.29 is 5.11 Å². The van der Waals surface area contributed by atoms with Gasteiger partial charge in [0.05, 0.1) is 0 Å². The second-order valence-electron chi connectivity index (χ2n) is 5.44. The normalized spacial score (nSPS) is 19.2. The van der Waals surface area contributed by atoms with Crippen LogP contribution in [0.1, 0.15) is 33.1 Å². The number of hydrogen-bond donors (Lipinski definition) is 1. The van der Waals surface area contributed by atoms with Crippen molar-refractivity contribution in [3.8, 4) is 0 Å². The standard InChI is InChI=1S/C14H24N4O/c1-11(2)17(3)13-9-14(16-10-15-13)18-7-4-5-12(18)6-8-19/h9-12,19H,4-8H2,1-3H3. The maximum atomic E-state index is 9.14. The molecule has 1 fully saturated rings. The maximum Gasteiger partial charge on any atom is 0.134 e. The molecule has 1 aliphatic heterocycles. The van der Waals surface area contributed by atoms with Gasteiger partial charge >= 0.3 is 0 Å². The van der Waals surface area contributed by atoms with Crippen LogP contribution in [0.25, 0.3) is 0 Å². The third-order valence-electron chi connectivity index (χ3n) is 3.91. The van der Waals surface area contributed by atoms with Gasteiger partial charge in [0.1, 0.15) is 18.0 Å². The van der Waals surface area contributed by atoms with E-state index in [1.807, 2.05) is 7.05 Å². The van der Waals surface area contributed by atoms with Crippen molar-refractivity contribution in [1.29, 1.82) is 0 Å². The summed E-state index contributed by atoms with van der Waals surface area (Å²) in [5.74, 6) is 1.93. The minimum atomic E-state index is 0.241. The van der Waals surface area contributed by atoms with E-state index in [0.29, 0.717) is 12.1 Å². The monoisotopic (exact) mass is 264 g/mol. The number of rotatable bonds is 5. The van der Waals surface area contributed by atoms with E-state index in [-0.39, 0.29) is 6.61 Å². The molecule has 1 aromatic rings. The zero-order valence-electron chi connectivity index (χ0n) is 12.1. The van der Waals surface area contributed by atoms with Gasteiger partial charge in [0.2, 0.25) is 0 Å². The zero-order valence-corrected chi connectivity index (χ0v) is 12.1. The molecule has 0 spiro atoms. The maximum absolute atomic E-state index is 9.14. The molecule has 0 radical (unpaired) electrons. The Balaban J connectivity index is 2.18. The molecule has 1 atom stereocenters. The Bertz CT molecular complexity index is 410. The molecule has 2 rings (SSSR count). The molecule has 0 aliphatic carbocycles. The Hall–Kier alpha value is -1.36. The van der Waals surface area contributed by atoms with Crippen molar-refractivity contribution in [2.24, 2.45) is 0 Å². The first-order chi connectivity index (χ1) is 9.13. The first kappa shape index (κ1) is 14.1. The van der Waals surface area contributed by atoms with Crippen LogP contribution in [-0.2, 0) is 0 Å². The lowest BCUT2D eigenvalue weighted by molar-refractivity contribution is 0.275. The SMILES string of the molecule is CC(C)N(C)c1cc(N2CCCC2CCO)ncn1. The molecule has 106 valence electrons. The predicted octanol–water partition coefficient (Wildman–Crippen LogP) is 1.67. The van der Waals surface area contributed by atoms with Crippen LogP contribution < -0.4 is 9.80 Å². The second-order valence-corrected chi connectivity index (χ2v) is 5.44. The molecule has 5 heteroatoms. The number of aromatic nitrogens is 2. The first-order valence-electron chi connectivity index (χ1n) is 7.06. The van der Waals surface area contributed by atoms with Crippen LogP contribution in [0.4, 0.5) is 11.6 Å². The molecule has 1 unspecified atom stereocenters. The van der Waals surface area contributed by atoms with Gasteiger partial charge in [-0.1, -0.05) is 0 Å². The Labute approximate surface area is 115 Å². The summed E-state index contributed by atoms with van der Waals surface area (Å²) in [6, 6.07) is 2.88. The molecule has 1 N–H and O–H groups in total. The molecule has 5 nitrogen and oxygen atoms in total. The highest BCUT2D eigenvalue weighted by Gasteiger charge is 2.25. The van der Waals surface area contributed by atoms with Gasteiger partial charge in [-0.15, -0.1) is 0 Å². The molecule has 2 heterocycles. The van der Waals surface area contributed by atoms with Crippen molar-refractivity contribution in [3.05, 3.63) is 12.4 Å². The Morgan fingerprint density at radius 1 is 1.47 bits per heavy atom. The van der Waals surface area contributed by atoms with Gasteiger partial charge in [0.25, 0.3) is 0 Å². The van der Waals surface area contributed by atoms with Gasteiger partial charge in [-0.05, 0) is 33.1 Å². The highest BCUT2D eigenvalue weighted by atomic mass is 16.3. The van der Waals surface area contributed by atoms with Crippen LogP contribution in [0, 0.1) is 0 Å². The Morgan fingerprint density at radius 3 is 2.95 bits per heavy atom. The summed E-state index contributed by atoms with van der Waals surface area (Å²) >= 11 is 0. The summed E-state index contributed by atoms with van der Waals surface area (Å²) in [7, 11) is 2.05. The third kappa shape index (κ3) is 3.15. The van der Waals surface area contributed by atoms with E-state index in [1.54, 1.807) is 6.33 Å². The highest BCUT2D eigenvalue weighted by molar-refractivity contribution is 5.51. The molecule has 1 aromatic heterocycles. The summed E-state index contributed by atoms with van der Waals surface area (Å²) in [6.07, 6.45) is 4.77. The molecule has 0 amide bonds. The molecule has 19 heavy (non-hydrogen) atoms. The number of aliphatic hydroxyl groups excluding tert-OH is 1. The minimum Gasteiger partial charge on any atom is -0.396 e. The van der Waals surface area contributed by atoms with Crippen LogP contribution in [0.3, 0.4) is 0 Å². The van der Waals surface area contributed by atoms with Gasteiger partial charge in [0.15, 0.2) is 0 Å². The van der Waals surface area contributed by atoms with Gasteiger partial charge in [-0.2, -0.15) is 0 Å². The molecular formula is C14H24N4O. The average Bonchev–Trinajstić information content (AvgIpc) is 2.86. The summed E-state index contributed by atoms with van der Waals surface area (Å²) in [5, 5.41) is 9.14. The van der Waals surface area contributed by atoms with E-state index in [2.05, 4.69) is 39.7 Å². The average molecular weight is 264 g/mol. The molecule has 1 saturated heterocycles. The van der Waals surface area contributed by atoms with Gasteiger partial charge in [0, 0.05) is 38.3 Å². The number of anilines is 2. The molecular weight excluding hydrogens is 240 g/mol. The van der Waals surface area contributed by atoms with E-state index < -0.39 is 0 Å². The first-order valence-corrected chi connectivity index (χ1v) is 7.06. The smallest absolute Gasteiger partial charge is 0.134 e. The fourth-order valence-corrected chi connectivity index (χ4v) is 2.54. The van der Waals surface area contributed by atoms with E-state index in [9.17, 15) is 0 Å². The Morgan fingerprint density at radius 2 is 2.26 bits per heavy atom. The lowest BCUT2D eigenvalue weighted by atomic mass is 10.1. The molecule has 0 aromatic carbocycles. The lowest BCUT2D eigenvalue weighted by Gasteiger charge is -2.27. The molecule has 0 saturated carbocycles. The van der Waals surface area contributed by atoms with Crippen molar-refractivity contribution in [2.45, 2.75) is 45.2 Å². The summed E-state index contributed by atoms with van der Waals surface area (Å²) < 4.78 is 0. The van der Waals surface area contributed by atoms with Crippen molar-refractivity contribution in [1.82, 2.24) is 9.97 Å². The van der Waals surface area contributed by atoms with Gasteiger partial charge in [-0.3, -0.25) is 0 Å². The van der Waals surface area contributed by atoms with E-state index in [4.69, 9.17) is 5.11 Å². The minimum absolute atomic E-state index is 0.241.